The summed E-state index contributed by atoms with van der Waals surface area (Å²) in [5.41, 5.74) is -0.496. The molecule has 14 heavy (non-hydrogen) atoms. The standard InChI is InChI=1S/C9H14N2O2S/c1-9(2,3)13-8(12)11-6-14-5-7(11)4-10/h7H,5-6H2,1-3H3/t7-/m1/s1. The Kier molecular flexibility index (Phi) is 3.27. The molecule has 1 aliphatic rings. The lowest BCUT2D eigenvalue weighted by Gasteiger charge is -2.25. The number of rotatable bonds is 0. The van der Waals surface area contributed by atoms with Crippen LogP contribution in [-0.2, 0) is 4.74 Å². The highest BCUT2D eigenvalue weighted by Gasteiger charge is 2.32. The van der Waals surface area contributed by atoms with Gasteiger partial charge in [-0.05, 0) is 20.8 Å². The topological polar surface area (TPSA) is 53.3 Å². The van der Waals surface area contributed by atoms with Crippen molar-refractivity contribution in [3.63, 3.8) is 0 Å². The van der Waals surface area contributed by atoms with E-state index in [-0.39, 0.29) is 6.04 Å². The van der Waals surface area contributed by atoms with E-state index >= 15 is 0 Å². The van der Waals surface area contributed by atoms with E-state index in [4.69, 9.17) is 10.00 Å². The zero-order valence-corrected chi connectivity index (χ0v) is 9.43. The van der Waals surface area contributed by atoms with Crippen molar-refractivity contribution in [2.75, 3.05) is 11.6 Å². The van der Waals surface area contributed by atoms with Gasteiger partial charge >= 0.3 is 6.09 Å². The van der Waals surface area contributed by atoms with E-state index in [2.05, 4.69) is 6.07 Å². The first-order valence-corrected chi connectivity index (χ1v) is 5.56. The van der Waals surface area contributed by atoms with Crippen molar-refractivity contribution in [3.8, 4) is 6.07 Å². The Balaban J connectivity index is 2.57. The molecule has 1 aliphatic heterocycles. The smallest absolute Gasteiger partial charge is 0.412 e. The number of hydrogen-bond donors (Lipinski definition) is 0. The minimum absolute atomic E-state index is 0.338. The van der Waals surface area contributed by atoms with E-state index in [0.717, 1.165) is 0 Å². The van der Waals surface area contributed by atoms with Crippen molar-refractivity contribution < 1.29 is 9.53 Å². The quantitative estimate of drug-likeness (QED) is 0.617. The molecule has 0 saturated carbocycles. The fraction of sp³-hybridized carbons (Fsp3) is 0.778. The number of nitriles is 1. The normalized spacial score (nSPS) is 21.9. The van der Waals surface area contributed by atoms with Crippen LogP contribution >= 0.6 is 11.8 Å². The van der Waals surface area contributed by atoms with Crippen molar-refractivity contribution in [2.45, 2.75) is 32.4 Å². The highest BCUT2D eigenvalue weighted by atomic mass is 32.2. The fourth-order valence-electron chi connectivity index (χ4n) is 1.05. The summed E-state index contributed by atoms with van der Waals surface area (Å²) in [6.45, 7) is 5.44. The Bertz CT molecular complexity index is 267. The SMILES string of the molecule is CC(C)(C)OC(=O)N1CSC[C@H]1C#N. The molecule has 0 aromatic heterocycles. The summed E-state index contributed by atoms with van der Waals surface area (Å²) in [6, 6.07) is 1.75. The monoisotopic (exact) mass is 214 g/mol. The highest BCUT2D eigenvalue weighted by Crippen LogP contribution is 2.22. The predicted molar refractivity (Wildman–Crippen MR) is 54.8 cm³/mol. The van der Waals surface area contributed by atoms with Crippen LogP contribution in [0, 0.1) is 11.3 Å². The van der Waals surface area contributed by atoms with Crippen LogP contribution in [0.1, 0.15) is 20.8 Å². The first kappa shape index (κ1) is 11.2. The molecule has 78 valence electrons. The molecule has 1 fully saturated rings. The molecular weight excluding hydrogens is 200 g/mol. The van der Waals surface area contributed by atoms with Gasteiger partial charge in [-0.3, -0.25) is 4.90 Å². The fourth-order valence-corrected chi connectivity index (χ4v) is 2.12. The molecule has 0 aromatic carbocycles. The van der Waals surface area contributed by atoms with Crippen LogP contribution in [-0.4, -0.2) is 34.3 Å². The van der Waals surface area contributed by atoms with Gasteiger partial charge in [0, 0.05) is 5.75 Å². The van der Waals surface area contributed by atoms with Crippen molar-refractivity contribution in [2.24, 2.45) is 0 Å². The third-order valence-electron chi connectivity index (χ3n) is 1.66. The summed E-state index contributed by atoms with van der Waals surface area (Å²) >= 11 is 1.57. The third-order valence-corrected chi connectivity index (χ3v) is 2.67. The molecule has 1 rings (SSSR count). The molecule has 5 heteroatoms. The van der Waals surface area contributed by atoms with Crippen LogP contribution in [0.15, 0.2) is 0 Å². The second kappa shape index (κ2) is 4.09. The molecular formula is C9H14N2O2S. The number of thioether (sulfide) groups is 1. The number of carbonyl (C=O) groups excluding carboxylic acids is 1. The summed E-state index contributed by atoms with van der Waals surface area (Å²) in [7, 11) is 0. The van der Waals surface area contributed by atoms with Crippen molar-refractivity contribution in [1.82, 2.24) is 4.90 Å². The minimum atomic E-state index is -0.496. The maximum absolute atomic E-state index is 11.6. The van der Waals surface area contributed by atoms with Gasteiger partial charge in [0.05, 0.1) is 11.9 Å². The van der Waals surface area contributed by atoms with Crippen LogP contribution in [0.5, 0.6) is 0 Å². The second-order valence-electron chi connectivity index (χ2n) is 4.09. The van der Waals surface area contributed by atoms with Crippen LogP contribution in [0.4, 0.5) is 4.79 Å². The Labute approximate surface area is 88.2 Å². The summed E-state index contributed by atoms with van der Waals surface area (Å²) in [6.07, 6.45) is -0.394. The first-order chi connectivity index (χ1) is 6.44. The van der Waals surface area contributed by atoms with E-state index in [1.54, 1.807) is 11.8 Å². The zero-order valence-electron chi connectivity index (χ0n) is 8.61. The minimum Gasteiger partial charge on any atom is -0.444 e. The van der Waals surface area contributed by atoms with Crippen LogP contribution < -0.4 is 0 Å². The number of ether oxygens (including phenoxy) is 1. The Morgan fingerprint density at radius 2 is 2.29 bits per heavy atom. The molecule has 1 saturated heterocycles. The van der Waals surface area contributed by atoms with Gasteiger partial charge in [-0.15, -0.1) is 11.8 Å². The summed E-state index contributed by atoms with van der Waals surface area (Å²) in [5.74, 6) is 1.23. The summed E-state index contributed by atoms with van der Waals surface area (Å²) in [5, 5.41) is 8.77. The van der Waals surface area contributed by atoms with Crippen molar-refractivity contribution in [3.05, 3.63) is 0 Å². The van der Waals surface area contributed by atoms with Crippen LogP contribution in [0.2, 0.25) is 0 Å². The predicted octanol–water partition coefficient (Wildman–Crippen LogP) is 1.82. The molecule has 0 aliphatic carbocycles. The Morgan fingerprint density at radius 3 is 2.79 bits per heavy atom. The number of nitrogens with zero attached hydrogens (tertiary/aromatic N) is 2. The molecule has 1 atom stereocenters. The van der Waals surface area contributed by atoms with Gasteiger partial charge in [0.15, 0.2) is 0 Å². The van der Waals surface area contributed by atoms with Crippen LogP contribution in [0.3, 0.4) is 0 Å². The highest BCUT2D eigenvalue weighted by molar-refractivity contribution is 7.99. The van der Waals surface area contributed by atoms with Gasteiger partial charge in [0.2, 0.25) is 0 Å². The maximum atomic E-state index is 11.6. The van der Waals surface area contributed by atoms with Gasteiger partial charge in [0.25, 0.3) is 0 Å². The van der Waals surface area contributed by atoms with Crippen molar-refractivity contribution >= 4 is 17.9 Å². The van der Waals surface area contributed by atoms with E-state index in [1.165, 1.54) is 4.90 Å². The number of carbonyl (C=O) groups is 1. The number of amides is 1. The third kappa shape index (κ3) is 2.81. The largest absolute Gasteiger partial charge is 0.444 e. The summed E-state index contributed by atoms with van der Waals surface area (Å²) in [4.78, 5) is 13.0. The average Bonchev–Trinajstić information content (AvgIpc) is 2.47. The number of hydrogen-bond acceptors (Lipinski definition) is 4. The van der Waals surface area contributed by atoms with E-state index in [1.807, 2.05) is 20.8 Å². The van der Waals surface area contributed by atoms with Gasteiger partial charge < -0.3 is 4.74 Å². The molecule has 0 bridgehead atoms. The molecule has 4 nitrogen and oxygen atoms in total. The Morgan fingerprint density at radius 1 is 1.64 bits per heavy atom. The molecule has 0 spiro atoms. The van der Waals surface area contributed by atoms with Crippen LogP contribution in [0.25, 0.3) is 0 Å². The molecule has 0 aromatic rings. The first-order valence-electron chi connectivity index (χ1n) is 4.41. The van der Waals surface area contributed by atoms with Gasteiger partial charge in [0.1, 0.15) is 11.6 Å². The maximum Gasteiger partial charge on any atom is 0.412 e. The molecule has 1 heterocycles. The van der Waals surface area contributed by atoms with Gasteiger partial charge in [-0.2, -0.15) is 5.26 Å². The zero-order chi connectivity index (χ0) is 10.8. The van der Waals surface area contributed by atoms with Crippen molar-refractivity contribution in [1.29, 1.82) is 5.26 Å². The molecule has 0 unspecified atom stereocenters. The summed E-state index contributed by atoms with van der Waals surface area (Å²) < 4.78 is 5.18. The lowest BCUT2D eigenvalue weighted by Crippen LogP contribution is -2.39. The molecule has 0 radical (unpaired) electrons. The van der Waals surface area contributed by atoms with E-state index in [0.29, 0.717) is 11.6 Å². The second-order valence-corrected chi connectivity index (χ2v) is 5.09. The van der Waals surface area contributed by atoms with Gasteiger partial charge in [-0.25, -0.2) is 4.79 Å². The Hall–Kier alpha value is -0.890. The van der Waals surface area contributed by atoms with E-state index in [9.17, 15) is 4.79 Å². The van der Waals surface area contributed by atoms with Gasteiger partial charge in [-0.1, -0.05) is 0 Å². The molecule has 1 amide bonds. The lowest BCUT2D eigenvalue weighted by atomic mass is 10.2. The lowest BCUT2D eigenvalue weighted by molar-refractivity contribution is 0.0273. The van der Waals surface area contributed by atoms with E-state index < -0.39 is 11.7 Å². The average molecular weight is 214 g/mol. The molecule has 0 N–H and O–H groups in total.